The molecule has 0 amide bonds. The van der Waals surface area contributed by atoms with Crippen LogP contribution in [0.2, 0.25) is 0 Å². The molecule has 0 atom stereocenters. The number of benzene rings is 1. The smallest absolute Gasteiger partial charge is 0.343 e. The van der Waals surface area contributed by atoms with Gasteiger partial charge in [0.25, 0.3) is 0 Å². The predicted molar refractivity (Wildman–Crippen MR) is 67.8 cm³/mol. The molecule has 3 rings (SSSR count). The fourth-order valence-electron chi connectivity index (χ4n) is 1.66. The van der Waals surface area contributed by atoms with E-state index in [1.54, 1.807) is 31.3 Å². The third kappa shape index (κ3) is 2.28. The molecule has 6 nitrogen and oxygen atoms in total. The van der Waals surface area contributed by atoms with Crippen molar-refractivity contribution in [2.45, 2.75) is 6.92 Å². The van der Waals surface area contributed by atoms with Crippen molar-refractivity contribution in [2.24, 2.45) is 0 Å². The van der Waals surface area contributed by atoms with Crippen LogP contribution in [0.25, 0.3) is 10.9 Å². The molecule has 94 valence electrons. The molecule has 0 saturated heterocycles. The first kappa shape index (κ1) is 11.3. The van der Waals surface area contributed by atoms with Gasteiger partial charge in [0.1, 0.15) is 5.82 Å². The van der Waals surface area contributed by atoms with Gasteiger partial charge in [-0.15, -0.1) is 0 Å². The zero-order valence-electron chi connectivity index (χ0n) is 10.1. The summed E-state index contributed by atoms with van der Waals surface area (Å²) < 4.78 is 5.18. The number of rotatable bonds is 2. The lowest BCUT2D eigenvalue weighted by Crippen LogP contribution is -2.09. The Morgan fingerprint density at radius 1 is 1.21 bits per heavy atom. The van der Waals surface area contributed by atoms with Crippen molar-refractivity contribution < 1.29 is 9.53 Å². The van der Waals surface area contributed by atoms with E-state index in [0.29, 0.717) is 17.1 Å². The number of carbonyl (C=O) groups is 1. The van der Waals surface area contributed by atoms with E-state index in [1.165, 1.54) is 12.4 Å². The Hall–Kier alpha value is -2.76. The highest BCUT2D eigenvalue weighted by Crippen LogP contribution is 2.15. The normalized spacial score (nSPS) is 10.6. The van der Waals surface area contributed by atoms with Crippen LogP contribution < -0.4 is 4.74 Å². The van der Waals surface area contributed by atoms with Crippen LogP contribution in [0.5, 0.6) is 5.75 Å². The van der Waals surface area contributed by atoms with Crippen LogP contribution in [0.3, 0.4) is 0 Å². The highest BCUT2D eigenvalue weighted by atomic mass is 16.5. The lowest BCUT2D eigenvalue weighted by molar-refractivity contribution is 0.0733. The van der Waals surface area contributed by atoms with Gasteiger partial charge in [-0.2, -0.15) is 5.10 Å². The molecule has 0 aliphatic rings. The van der Waals surface area contributed by atoms with Crippen molar-refractivity contribution in [1.29, 1.82) is 0 Å². The molecule has 1 aromatic carbocycles. The van der Waals surface area contributed by atoms with Gasteiger partial charge in [0.05, 0.1) is 29.7 Å². The van der Waals surface area contributed by atoms with E-state index in [4.69, 9.17) is 4.74 Å². The van der Waals surface area contributed by atoms with E-state index in [1.807, 2.05) is 0 Å². The van der Waals surface area contributed by atoms with E-state index in [2.05, 4.69) is 20.2 Å². The van der Waals surface area contributed by atoms with E-state index in [9.17, 15) is 4.79 Å². The summed E-state index contributed by atoms with van der Waals surface area (Å²) in [6.45, 7) is 1.76. The van der Waals surface area contributed by atoms with Gasteiger partial charge >= 0.3 is 5.97 Å². The molecular formula is C13H10N4O2. The van der Waals surface area contributed by atoms with Crippen molar-refractivity contribution >= 4 is 16.9 Å². The molecule has 0 aliphatic heterocycles. The molecule has 0 aliphatic carbocycles. The maximum atomic E-state index is 12.0. The maximum absolute atomic E-state index is 12.0. The Labute approximate surface area is 108 Å². The lowest BCUT2D eigenvalue weighted by Gasteiger charge is -2.03. The summed E-state index contributed by atoms with van der Waals surface area (Å²) in [6, 6.07) is 5.19. The van der Waals surface area contributed by atoms with Gasteiger partial charge in [-0.25, -0.2) is 14.8 Å². The first-order valence-electron chi connectivity index (χ1n) is 5.66. The van der Waals surface area contributed by atoms with Crippen molar-refractivity contribution in [2.75, 3.05) is 0 Å². The molecule has 0 saturated carbocycles. The number of hydrogen-bond acceptors (Lipinski definition) is 5. The van der Waals surface area contributed by atoms with Gasteiger partial charge < -0.3 is 4.74 Å². The Morgan fingerprint density at radius 3 is 2.79 bits per heavy atom. The molecule has 0 unspecified atom stereocenters. The molecule has 1 N–H and O–H groups in total. The van der Waals surface area contributed by atoms with Gasteiger partial charge in [-0.05, 0) is 19.1 Å². The molecular weight excluding hydrogens is 244 g/mol. The number of nitrogens with one attached hydrogen (secondary N) is 1. The second kappa shape index (κ2) is 4.49. The molecule has 6 heteroatoms. The largest absolute Gasteiger partial charge is 0.420 e. The third-order valence-electron chi connectivity index (χ3n) is 2.65. The number of fused-ring (bicyclic) bond motifs is 1. The quantitative estimate of drug-likeness (QED) is 0.706. The standard InChI is InChI=1S/C13H10N4O2/c1-8-14-6-11(7-15-8)19-13(18)9-2-3-10-5-16-17-12(10)4-9/h2-7H,1H3,(H,16,17). The van der Waals surface area contributed by atoms with Crippen LogP contribution in [0.4, 0.5) is 0 Å². The average molecular weight is 254 g/mol. The van der Waals surface area contributed by atoms with Gasteiger partial charge in [0, 0.05) is 5.39 Å². The number of aromatic amines is 1. The number of esters is 1. The van der Waals surface area contributed by atoms with Crippen LogP contribution >= 0.6 is 0 Å². The molecule has 0 radical (unpaired) electrons. The van der Waals surface area contributed by atoms with Crippen LogP contribution in [0.1, 0.15) is 16.2 Å². The summed E-state index contributed by atoms with van der Waals surface area (Å²) in [5.74, 6) is 0.489. The molecule has 2 heterocycles. The first-order chi connectivity index (χ1) is 9.22. The highest BCUT2D eigenvalue weighted by Gasteiger charge is 2.10. The number of carbonyl (C=O) groups excluding carboxylic acids is 1. The summed E-state index contributed by atoms with van der Waals surface area (Å²) in [6.07, 6.45) is 4.63. The zero-order chi connectivity index (χ0) is 13.2. The van der Waals surface area contributed by atoms with E-state index >= 15 is 0 Å². The Balaban J connectivity index is 1.84. The van der Waals surface area contributed by atoms with Crippen molar-refractivity contribution in [3.05, 3.63) is 48.2 Å². The van der Waals surface area contributed by atoms with Crippen LogP contribution in [0, 0.1) is 6.92 Å². The SMILES string of the molecule is Cc1ncc(OC(=O)c2ccc3cn[nH]c3c2)cn1. The molecule has 0 spiro atoms. The molecule has 0 bridgehead atoms. The molecule has 19 heavy (non-hydrogen) atoms. The molecule has 0 fully saturated rings. The van der Waals surface area contributed by atoms with Crippen molar-refractivity contribution in [1.82, 2.24) is 20.2 Å². The van der Waals surface area contributed by atoms with E-state index in [-0.39, 0.29) is 0 Å². The zero-order valence-corrected chi connectivity index (χ0v) is 10.1. The summed E-state index contributed by atoms with van der Waals surface area (Å²) in [5, 5.41) is 7.64. The summed E-state index contributed by atoms with van der Waals surface area (Å²) in [4.78, 5) is 19.9. The first-order valence-corrected chi connectivity index (χ1v) is 5.66. The summed E-state index contributed by atoms with van der Waals surface area (Å²) >= 11 is 0. The molecule has 2 aromatic heterocycles. The number of aromatic nitrogens is 4. The second-order valence-electron chi connectivity index (χ2n) is 4.03. The summed E-state index contributed by atoms with van der Waals surface area (Å²) in [7, 11) is 0. The van der Waals surface area contributed by atoms with Crippen LogP contribution in [-0.4, -0.2) is 26.1 Å². The third-order valence-corrected chi connectivity index (χ3v) is 2.65. The Kier molecular flexibility index (Phi) is 2.68. The fourth-order valence-corrected chi connectivity index (χ4v) is 1.66. The van der Waals surface area contributed by atoms with Crippen molar-refractivity contribution in [3.8, 4) is 5.75 Å². The number of nitrogens with zero attached hydrogens (tertiary/aromatic N) is 3. The van der Waals surface area contributed by atoms with Crippen molar-refractivity contribution in [3.63, 3.8) is 0 Å². The maximum Gasteiger partial charge on any atom is 0.343 e. The monoisotopic (exact) mass is 254 g/mol. The minimum Gasteiger partial charge on any atom is -0.420 e. The Morgan fingerprint density at radius 2 is 2.00 bits per heavy atom. The number of ether oxygens (including phenoxy) is 1. The highest BCUT2D eigenvalue weighted by molar-refractivity contribution is 5.95. The van der Waals surface area contributed by atoms with E-state index in [0.717, 1.165) is 10.9 Å². The second-order valence-corrected chi connectivity index (χ2v) is 4.03. The topological polar surface area (TPSA) is 80.8 Å². The number of hydrogen-bond donors (Lipinski definition) is 1. The minimum atomic E-state index is -0.455. The van der Waals surface area contributed by atoms with Crippen LogP contribution in [-0.2, 0) is 0 Å². The lowest BCUT2D eigenvalue weighted by atomic mass is 10.2. The fraction of sp³-hybridized carbons (Fsp3) is 0.0769. The predicted octanol–water partition coefficient (Wildman–Crippen LogP) is 1.88. The van der Waals surface area contributed by atoms with Crippen LogP contribution in [0.15, 0.2) is 36.8 Å². The summed E-state index contributed by atoms with van der Waals surface area (Å²) in [5.41, 5.74) is 1.23. The average Bonchev–Trinajstić information content (AvgIpc) is 2.88. The number of aryl methyl sites for hydroxylation is 1. The van der Waals surface area contributed by atoms with Gasteiger partial charge in [-0.1, -0.05) is 6.07 Å². The van der Waals surface area contributed by atoms with Gasteiger partial charge in [-0.3, -0.25) is 5.10 Å². The van der Waals surface area contributed by atoms with Gasteiger partial charge in [0.2, 0.25) is 0 Å². The Bertz CT molecular complexity index is 734. The van der Waals surface area contributed by atoms with Gasteiger partial charge in [0.15, 0.2) is 5.75 Å². The minimum absolute atomic E-state index is 0.320. The molecule has 3 aromatic rings. The number of H-pyrrole nitrogens is 1. The van der Waals surface area contributed by atoms with E-state index < -0.39 is 5.97 Å².